The third-order valence-corrected chi connectivity index (χ3v) is 7.86. The molecule has 5 rings (SSSR count). The van der Waals surface area contributed by atoms with Crippen molar-refractivity contribution in [3.8, 4) is 0 Å². The molecule has 18 nitrogen and oxygen atoms in total. The van der Waals surface area contributed by atoms with E-state index in [1.165, 1.54) is 17.1 Å². The molecular weight excluding hydrogens is 611 g/mol. The summed E-state index contributed by atoms with van der Waals surface area (Å²) in [6, 6.07) is 0. The number of hydrogen-bond donors (Lipinski definition) is 6. The molecule has 1 unspecified atom stereocenters. The summed E-state index contributed by atoms with van der Waals surface area (Å²) < 4.78 is 37.3. The standard InChI is InChI=1S/C19H24BrN8O10P/c20-7-3-27(19(32)24-15(7)21)13-2-9(10(4-29)36-13)38-39(33,34)35-5-11-8(30)1-12(37-11)28-6-23-14-16(28)25-18(22)26-17(14)31/h3,6,8-13,29-30H,1-2,4-5H2,(H,33,34)(H2,21,24,32)(H3,22,25,26,31)/t8-,9-,10+,11+,12+,13+/m0/s1. The van der Waals surface area contributed by atoms with Gasteiger partial charge in [-0.2, -0.15) is 9.97 Å². The number of nitrogens with zero attached hydrogens (tertiary/aromatic N) is 5. The first kappa shape index (κ1) is 27.8. The van der Waals surface area contributed by atoms with Crippen molar-refractivity contribution in [2.45, 2.75) is 49.7 Å². The summed E-state index contributed by atoms with van der Waals surface area (Å²) in [4.78, 5) is 48.6. The number of fused-ring (bicyclic) bond motifs is 1. The third kappa shape index (κ3) is 5.63. The van der Waals surface area contributed by atoms with Gasteiger partial charge in [-0.3, -0.25) is 28.0 Å². The molecule has 39 heavy (non-hydrogen) atoms. The maximum absolute atomic E-state index is 12.7. The van der Waals surface area contributed by atoms with Crippen molar-refractivity contribution in [3.63, 3.8) is 0 Å². The van der Waals surface area contributed by atoms with Crippen molar-refractivity contribution in [1.29, 1.82) is 0 Å². The molecule has 3 aromatic heterocycles. The molecule has 20 heteroatoms. The fourth-order valence-corrected chi connectivity index (χ4v) is 5.64. The maximum atomic E-state index is 12.7. The first-order valence-electron chi connectivity index (χ1n) is 11.5. The van der Waals surface area contributed by atoms with Gasteiger partial charge in [0.1, 0.15) is 36.6 Å². The fraction of sp³-hybridized carbons (Fsp3) is 0.526. The molecular formula is C19H24BrN8O10P. The fourth-order valence-electron chi connectivity index (χ4n) is 4.37. The van der Waals surface area contributed by atoms with Gasteiger partial charge in [-0.15, -0.1) is 0 Å². The average molecular weight is 635 g/mol. The summed E-state index contributed by atoms with van der Waals surface area (Å²) >= 11 is 3.17. The molecule has 0 spiro atoms. The van der Waals surface area contributed by atoms with Gasteiger partial charge in [0.2, 0.25) is 5.95 Å². The monoisotopic (exact) mass is 634 g/mol. The summed E-state index contributed by atoms with van der Waals surface area (Å²) in [5, 5.41) is 20.1. The predicted molar refractivity (Wildman–Crippen MR) is 134 cm³/mol. The Kier molecular flexibility index (Phi) is 7.61. The van der Waals surface area contributed by atoms with Crippen LogP contribution < -0.4 is 22.7 Å². The molecule has 0 bridgehead atoms. The lowest BCUT2D eigenvalue weighted by atomic mass is 10.2. The summed E-state index contributed by atoms with van der Waals surface area (Å²) in [5.74, 6) is -0.154. The van der Waals surface area contributed by atoms with Crippen molar-refractivity contribution in [2.24, 2.45) is 0 Å². The van der Waals surface area contributed by atoms with Crippen molar-refractivity contribution in [3.05, 3.63) is 37.8 Å². The van der Waals surface area contributed by atoms with Gasteiger partial charge in [-0.1, -0.05) is 0 Å². The summed E-state index contributed by atoms with van der Waals surface area (Å²) in [6.45, 7) is -1.12. The average Bonchev–Trinajstić information content (AvgIpc) is 3.56. The van der Waals surface area contributed by atoms with E-state index < -0.39 is 69.2 Å². The molecule has 0 saturated carbocycles. The minimum atomic E-state index is -4.76. The topological polar surface area (TPSA) is 265 Å². The predicted octanol–water partition coefficient (Wildman–Crippen LogP) is -1.27. The minimum absolute atomic E-state index is 0.0233. The lowest BCUT2D eigenvalue weighted by Gasteiger charge is -2.21. The second kappa shape index (κ2) is 10.7. The molecule has 0 amide bonds. The van der Waals surface area contributed by atoms with E-state index in [1.54, 1.807) is 0 Å². The number of ether oxygens (including phenoxy) is 2. The maximum Gasteiger partial charge on any atom is 0.472 e. The Balaban J connectivity index is 1.22. The normalized spacial score (nSPS) is 28.7. The molecule has 2 fully saturated rings. The Morgan fingerprint density at radius 2 is 1.90 bits per heavy atom. The zero-order valence-electron chi connectivity index (χ0n) is 19.9. The van der Waals surface area contributed by atoms with E-state index in [9.17, 15) is 29.3 Å². The van der Waals surface area contributed by atoms with Gasteiger partial charge in [0.05, 0.1) is 30.1 Å². The number of hydrogen-bond acceptors (Lipinski definition) is 14. The van der Waals surface area contributed by atoms with Gasteiger partial charge in [0.25, 0.3) is 5.56 Å². The van der Waals surface area contributed by atoms with Crippen molar-refractivity contribution >= 4 is 46.7 Å². The number of rotatable bonds is 8. The number of phosphoric acid groups is 1. The number of nitrogen functional groups attached to an aromatic ring is 2. The van der Waals surface area contributed by atoms with E-state index in [0.29, 0.717) is 4.47 Å². The highest BCUT2D eigenvalue weighted by molar-refractivity contribution is 9.10. The van der Waals surface area contributed by atoms with Crippen molar-refractivity contribution < 1.29 is 38.2 Å². The molecule has 2 saturated heterocycles. The molecule has 5 heterocycles. The molecule has 212 valence electrons. The number of aromatic amines is 1. The molecule has 0 aromatic carbocycles. The van der Waals surface area contributed by atoms with Gasteiger partial charge in [-0.05, 0) is 15.9 Å². The number of anilines is 2. The number of phosphoric ester groups is 1. The Morgan fingerprint density at radius 1 is 1.18 bits per heavy atom. The van der Waals surface area contributed by atoms with Crippen molar-refractivity contribution in [1.82, 2.24) is 29.1 Å². The quantitative estimate of drug-likeness (QED) is 0.158. The SMILES string of the molecule is Nc1nc2c(ncn2[C@H]2C[C@H](O)[C@@H](COP(=O)(O)O[C@H]3C[C@H](n4cc(Br)c(N)nc4=O)O[C@@H]3CO)O2)c(=O)[nH]1. The van der Waals surface area contributed by atoms with Crippen LogP contribution in [0.4, 0.5) is 11.8 Å². The lowest BCUT2D eigenvalue weighted by molar-refractivity contribution is -0.0564. The first-order valence-corrected chi connectivity index (χ1v) is 13.8. The van der Waals surface area contributed by atoms with Gasteiger partial charge < -0.3 is 36.0 Å². The van der Waals surface area contributed by atoms with Gasteiger partial charge in [-0.25, -0.2) is 14.3 Å². The van der Waals surface area contributed by atoms with E-state index >= 15 is 0 Å². The van der Waals surface area contributed by atoms with Crippen LogP contribution in [0.25, 0.3) is 11.2 Å². The van der Waals surface area contributed by atoms with Crippen LogP contribution in [0.5, 0.6) is 0 Å². The van der Waals surface area contributed by atoms with Crippen LogP contribution in [0.15, 0.2) is 26.6 Å². The Bertz CT molecular complexity index is 1550. The summed E-state index contributed by atoms with van der Waals surface area (Å²) in [5.41, 5.74) is 10.1. The smallest absolute Gasteiger partial charge is 0.394 e. The van der Waals surface area contributed by atoms with Crippen LogP contribution >= 0.6 is 23.8 Å². The van der Waals surface area contributed by atoms with E-state index in [1.807, 2.05) is 0 Å². The van der Waals surface area contributed by atoms with Crippen LogP contribution in [-0.4, -0.2) is 81.8 Å². The summed E-state index contributed by atoms with van der Waals surface area (Å²) in [6.07, 6.45) is -3.54. The third-order valence-electron chi connectivity index (χ3n) is 6.24. The Morgan fingerprint density at radius 3 is 2.64 bits per heavy atom. The molecule has 0 radical (unpaired) electrons. The van der Waals surface area contributed by atoms with Crippen molar-refractivity contribution in [2.75, 3.05) is 24.7 Å². The molecule has 0 aliphatic carbocycles. The number of H-pyrrole nitrogens is 1. The molecule has 7 atom stereocenters. The molecule has 3 aromatic rings. The first-order chi connectivity index (χ1) is 18.5. The zero-order valence-corrected chi connectivity index (χ0v) is 22.3. The van der Waals surface area contributed by atoms with Crippen LogP contribution in [-0.2, 0) is 23.1 Å². The molecule has 2 aliphatic heterocycles. The number of aliphatic hydroxyl groups is 2. The number of imidazole rings is 1. The Hall–Kier alpha value is -2.74. The number of aromatic nitrogens is 6. The molecule has 2 aliphatic rings. The lowest BCUT2D eigenvalue weighted by Crippen LogP contribution is -2.29. The Labute approximate surface area is 226 Å². The van der Waals surface area contributed by atoms with E-state index in [4.69, 9.17) is 30.0 Å². The minimum Gasteiger partial charge on any atom is -0.394 e. The van der Waals surface area contributed by atoms with Crippen LogP contribution in [0.1, 0.15) is 25.3 Å². The van der Waals surface area contributed by atoms with E-state index in [2.05, 4.69) is 35.9 Å². The highest BCUT2D eigenvalue weighted by atomic mass is 79.9. The van der Waals surface area contributed by atoms with Crippen LogP contribution in [0.2, 0.25) is 0 Å². The van der Waals surface area contributed by atoms with Gasteiger partial charge in [0, 0.05) is 19.0 Å². The highest BCUT2D eigenvalue weighted by Crippen LogP contribution is 2.49. The van der Waals surface area contributed by atoms with E-state index in [-0.39, 0.29) is 35.8 Å². The van der Waals surface area contributed by atoms with Gasteiger partial charge >= 0.3 is 13.5 Å². The number of nitrogens with two attached hydrogens (primary N) is 2. The number of nitrogens with one attached hydrogen (secondary N) is 1. The molecule has 8 N–H and O–H groups in total. The number of halogens is 1. The zero-order chi connectivity index (χ0) is 28.1. The summed E-state index contributed by atoms with van der Waals surface area (Å²) in [7, 11) is -4.76. The second-order valence-corrected chi connectivity index (χ2v) is 11.1. The highest BCUT2D eigenvalue weighted by Gasteiger charge is 2.43. The van der Waals surface area contributed by atoms with Crippen LogP contribution in [0.3, 0.4) is 0 Å². The van der Waals surface area contributed by atoms with E-state index in [0.717, 1.165) is 4.57 Å². The second-order valence-electron chi connectivity index (χ2n) is 8.83. The largest absolute Gasteiger partial charge is 0.472 e. The van der Waals surface area contributed by atoms with Gasteiger partial charge in [0.15, 0.2) is 11.2 Å². The number of aliphatic hydroxyl groups excluding tert-OH is 2. The van der Waals surface area contributed by atoms with Crippen LogP contribution in [0, 0.1) is 0 Å².